The van der Waals surface area contributed by atoms with Crippen molar-refractivity contribution in [2.45, 2.75) is 24.9 Å². The molecular formula is C30H24F7N5O4. The number of aromatic amines is 1. The first-order valence-electron chi connectivity index (χ1n) is 13.6. The molecule has 3 heterocycles. The third kappa shape index (κ3) is 7.18. The minimum atomic E-state index is -5.14. The zero-order chi connectivity index (χ0) is 33.1. The Morgan fingerprint density at radius 1 is 0.957 bits per heavy atom. The van der Waals surface area contributed by atoms with Crippen molar-refractivity contribution in [3.8, 4) is 22.6 Å². The maximum absolute atomic E-state index is 14.4. The van der Waals surface area contributed by atoms with Crippen LogP contribution in [0.25, 0.3) is 28.7 Å². The summed E-state index contributed by atoms with van der Waals surface area (Å²) in [6.45, 7) is -0.447. The lowest BCUT2D eigenvalue weighted by atomic mass is 10.00. The number of fused-ring (bicyclic) bond motifs is 1. The molecule has 1 unspecified atom stereocenters. The van der Waals surface area contributed by atoms with Crippen LogP contribution in [0.4, 0.5) is 30.7 Å². The van der Waals surface area contributed by atoms with Gasteiger partial charge in [-0.3, -0.25) is 0 Å². The Hall–Kier alpha value is -4.83. The number of aliphatic hydroxyl groups is 1. The van der Waals surface area contributed by atoms with Crippen LogP contribution in [0.5, 0.6) is 0 Å². The van der Waals surface area contributed by atoms with E-state index in [-0.39, 0.29) is 61.8 Å². The summed E-state index contributed by atoms with van der Waals surface area (Å²) in [7, 11) is 0. The molecule has 2 aromatic heterocycles. The summed E-state index contributed by atoms with van der Waals surface area (Å²) in [4.78, 5) is 22.3. The number of nitrogens with zero attached hydrogens (tertiary/aromatic N) is 4. The molecule has 2 N–H and O–H groups in total. The number of H-pyrrole nitrogens is 1. The number of esters is 1. The topological polar surface area (TPSA) is 113 Å². The van der Waals surface area contributed by atoms with Crippen LogP contribution < -0.4 is 0 Å². The van der Waals surface area contributed by atoms with Crippen molar-refractivity contribution in [2.75, 3.05) is 26.4 Å². The molecular weight excluding hydrogens is 627 g/mol. The van der Waals surface area contributed by atoms with Crippen molar-refractivity contribution >= 4 is 12.0 Å². The standard InChI is InChI=1S/C30H24F7N5O4/c31-21-4-2-1-3-19(21)27-38-23-9-10-42(16-25(23)39-27)26(28(44)46-14-13-45-12-11-43)24-8-7-22(40-41-24)18-6-5-17(29(32,33)34)15-20(18)30(35,36)37/h1-10,15,26,43H,11-14,16H2,(H,38,39). The molecule has 9 nitrogen and oxygen atoms in total. The highest BCUT2D eigenvalue weighted by atomic mass is 19.4. The third-order valence-electron chi connectivity index (χ3n) is 6.86. The lowest BCUT2D eigenvalue weighted by molar-refractivity contribution is -0.151. The van der Waals surface area contributed by atoms with E-state index in [1.807, 2.05) is 0 Å². The molecule has 46 heavy (non-hydrogen) atoms. The molecule has 0 fully saturated rings. The van der Waals surface area contributed by atoms with Crippen LogP contribution in [0, 0.1) is 5.82 Å². The summed E-state index contributed by atoms with van der Waals surface area (Å²) in [6, 6.07) is 8.19. The van der Waals surface area contributed by atoms with E-state index < -0.39 is 46.9 Å². The Labute approximate surface area is 256 Å². The maximum Gasteiger partial charge on any atom is 0.417 e. The Morgan fingerprint density at radius 3 is 2.41 bits per heavy atom. The van der Waals surface area contributed by atoms with Crippen LogP contribution in [0.15, 0.2) is 60.8 Å². The Bertz CT molecular complexity index is 1720. The predicted molar refractivity (Wildman–Crippen MR) is 148 cm³/mol. The van der Waals surface area contributed by atoms with E-state index in [1.165, 1.54) is 35.4 Å². The Balaban J connectivity index is 1.45. The van der Waals surface area contributed by atoms with Gasteiger partial charge in [0.15, 0.2) is 6.04 Å². The van der Waals surface area contributed by atoms with Gasteiger partial charge in [-0.2, -0.15) is 36.5 Å². The molecule has 242 valence electrons. The van der Waals surface area contributed by atoms with Crippen LogP contribution in [0.1, 0.15) is 34.3 Å². The average Bonchev–Trinajstić information content (AvgIpc) is 3.44. The third-order valence-corrected chi connectivity index (χ3v) is 6.86. The van der Waals surface area contributed by atoms with Gasteiger partial charge >= 0.3 is 18.3 Å². The van der Waals surface area contributed by atoms with Crippen molar-refractivity contribution in [1.29, 1.82) is 0 Å². The van der Waals surface area contributed by atoms with E-state index in [2.05, 4.69) is 20.2 Å². The molecule has 0 spiro atoms. The molecule has 4 aromatic rings. The molecule has 2 aromatic carbocycles. The van der Waals surface area contributed by atoms with E-state index in [4.69, 9.17) is 14.6 Å². The first-order valence-corrected chi connectivity index (χ1v) is 13.6. The average molecular weight is 652 g/mol. The first-order chi connectivity index (χ1) is 21.9. The van der Waals surface area contributed by atoms with Gasteiger partial charge in [0, 0.05) is 11.8 Å². The van der Waals surface area contributed by atoms with E-state index in [0.29, 0.717) is 23.5 Å². The number of carbonyl (C=O) groups excluding carboxylic acids is 1. The van der Waals surface area contributed by atoms with Crippen LogP contribution in [0.2, 0.25) is 0 Å². The van der Waals surface area contributed by atoms with Gasteiger partial charge in [0.1, 0.15) is 18.2 Å². The fourth-order valence-corrected chi connectivity index (χ4v) is 4.72. The zero-order valence-electron chi connectivity index (χ0n) is 23.6. The van der Waals surface area contributed by atoms with Crippen molar-refractivity contribution < 1.29 is 50.1 Å². The molecule has 0 saturated heterocycles. The number of alkyl halides is 6. The van der Waals surface area contributed by atoms with Gasteiger partial charge in [0.25, 0.3) is 0 Å². The van der Waals surface area contributed by atoms with Gasteiger partial charge in [-0.05, 0) is 42.5 Å². The van der Waals surface area contributed by atoms with Gasteiger partial charge in [0.05, 0.1) is 65.8 Å². The molecule has 5 rings (SSSR count). The number of hydrogen-bond acceptors (Lipinski definition) is 8. The normalized spacial score (nSPS) is 13.9. The van der Waals surface area contributed by atoms with E-state index in [1.54, 1.807) is 12.1 Å². The summed E-state index contributed by atoms with van der Waals surface area (Å²) >= 11 is 0. The minimum absolute atomic E-state index is 0.0000348. The minimum Gasteiger partial charge on any atom is -0.461 e. The second-order valence-corrected chi connectivity index (χ2v) is 9.92. The molecule has 0 aliphatic carbocycles. The number of nitrogens with one attached hydrogen (secondary N) is 1. The summed E-state index contributed by atoms with van der Waals surface area (Å²) < 4.78 is 106. The smallest absolute Gasteiger partial charge is 0.417 e. The number of rotatable bonds is 10. The monoisotopic (exact) mass is 651 g/mol. The lowest BCUT2D eigenvalue weighted by Crippen LogP contribution is -2.34. The lowest BCUT2D eigenvalue weighted by Gasteiger charge is -2.30. The SMILES string of the molecule is O=C(OCCOCCO)C(c1ccc(-c2ccc(C(F)(F)F)cc2C(F)(F)F)nn1)N1C=Cc2nc(-c3ccccc3F)[nH]c2C1. The van der Waals surface area contributed by atoms with Crippen molar-refractivity contribution in [3.63, 3.8) is 0 Å². The fraction of sp³-hybridized carbons (Fsp3) is 0.267. The zero-order valence-corrected chi connectivity index (χ0v) is 23.6. The molecule has 0 saturated carbocycles. The highest BCUT2D eigenvalue weighted by Crippen LogP contribution is 2.40. The number of halogens is 7. The van der Waals surface area contributed by atoms with Crippen molar-refractivity contribution in [3.05, 3.63) is 94.8 Å². The molecule has 1 aliphatic heterocycles. The van der Waals surface area contributed by atoms with Crippen LogP contribution >= 0.6 is 0 Å². The van der Waals surface area contributed by atoms with Crippen LogP contribution in [0.3, 0.4) is 0 Å². The number of hydrogen-bond donors (Lipinski definition) is 2. The van der Waals surface area contributed by atoms with Crippen LogP contribution in [-0.2, 0) is 33.2 Å². The summed E-state index contributed by atoms with van der Waals surface area (Å²) in [5, 5.41) is 16.7. The van der Waals surface area contributed by atoms with E-state index >= 15 is 0 Å². The van der Waals surface area contributed by atoms with Gasteiger partial charge in [0.2, 0.25) is 0 Å². The summed E-state index contributed by atoms with van der Waals surface area (Å²) in [6.07, 6.45) is -7.07. The molecule has 1 aliphatic rings. The van der Waals surface area contributed by atoms with Crippen LogP contribution in [-0.4, -0.2) is 62.6 Å². The number of carbonyl (C=O) groups is 1. The maximum atomic E-state index is 14.4. The molecule has 16 heteroatoms. The van der Waals surface area contributed by atoms with E-state index in [9.17, 15) is 35.5 Å². The van der Waals surface area contributed by atoms with Crippen molar-refractivity contribution in [1.82, 2.24) is 25.1 Å². The first kappa shape index (κ1) is 32.6. The second kappa shape index (κ2) is 13.3. The number of ether oxygens (including phenoxy) is 2. The van der Waals surface area contributed by atoms with Gasteiger partial charge in [-0.15, -0.1) is 0 Å². The molecule has 0 bridgehead atoms. The highest BCUT2D eigenvalue weighted by molar-refractivity contribution is 5.78. The van der Waals surface area contributed by atoms with E-state index in [0.717, 1.165) is 6.07 Å². The van der Waals surface area contributed by atoms with Gasteiger partial charge in [-0.1, -0.05) is 18.2 Å². The Morgan fingerprint density at radius 2 is 1.74 bits per heavy atom. The Kier molecular flexibility index (Phi) is 9.39. The number of aliphatic hydroxyl groups excluding tert-OH is 1. The van der Waals surface area contributed by atoms with Gasteiger partial charge in [-0.25, -0.2) is 14.2 Å². The predicted octanol–water partition coefficient (Wildman–Crippen LogP) is 5.79. The second-order valence-electron chi connectivity index (χ2n) is 9.92. The van der Waals surface area contributed by atoms with Gasteiger partial charge < -0.3 is 24.5 Å². The fourth-order valence-electron chi connectivity index (χ4n) is 4.72. The summed E-state index contributed by atoms with van der Waals surface area (Å²) in [5.41, 5.74) is -2.90. The number of benzene rings is 2. The quantitative estimate of drug-likeness (QED) is 0.126. The number of imidazole rings is 1. The van der Waals surface area contributed by atoms with Crippen molar-refractivity contribution in [2.24, 2.45) is 0 Å². The summed E-state index contributed by atoms with van der Waals surface area (Å²) in [5.74, 6) is -1.09. The highest BCUT2D eigenvalue weighted by Gasteiger charge is 2.39. The molecule has 0 amide bonds. The largest absolute Gasteiger partial charge is 0.461 e. The number of aromatic nitrogens is 4. The molecule has 1 atom stereocenters. The molecule has 0 radical (unpaired) electrons.